The average molecular weight is 239 g/mol. The first-order valence-corrected chi connectivity index (χ1v) is 5.87. The van der Waals surface area contributed by atoms with Gasteiger partial charge in [-0.05, 0) is 24.1 Å². The second kappa shape index (κ2) is 3.88. The smallest absolute Gasteiger partial charge is 0.307 e. The Bertz CT molecular complexity index is 756. The molecule has 0 saturated carbocycles. The largest absolute Gasteiger partial charge is 0.481 e. The summed E-state index contributed by atoms with van der Waals surface area (Å²) in [5.41, 5.74) is 4.01. The van der Waals surface area contributed by atoms with Gasteiger partial charge in [0.1, 0.15) is 0 Å². The summed E-state index contributed by atoms with van der Waals surface area (Å²) >= 11 is 0. The lowest BCUT2D eigenvalue weighted by molar-refractivity contribution is -0.136. The van der Waals surface area contributed by atoms with Crippen LogP contribution in [-0.4, -0.2) is 16.1 Å². The van der Waals surface area contributed by atoms with Crippen molar-refractivity contribution in [1.29, 1.82) is 0 Å². The third-order valence-corrected chi connectivity index (χ3v) is 3.40. The van der Waals surface area contributed by atoms with Gasteiger partial charge >= 0.3 is 5.97 Å². The van der Waals surface area contributed by atoms with Gasteiger partial charge in [-0.15, -0.1) is 0 Å². The third-order valence-electron chi connectivity index (χ3n) is 3.40. The molecule has 0 aliphatic heterocycles. The Morgan fingerprint density at radius 3 is 2.72 bits per heavy atom. The van der Waals surface area contributed by atoms with E-state index in [9.17, 15) is 4.79 Å². The summed E-state index contributed by atoms with van der Waals surface area (Å²) in [5, 5.41) is 11.2. The van der Waals surface area contributed by atoms with E-state index >= 15 is 0 Å². The highest BCUT2D eigenvalue weighted by molar-refractivity contribution is 6.08. The van der Waals surface area contributed by atoms with Gasteiger partial charge in [-0.3, -0.25) is 4.79 Å². The number of aromatic amines is 1. The van der Waals surface area contributed by atoms with E-state index in [0.29, 0.717) is 0 Å². The summed E-state index contributed by atoms with van der Waals surface area (Å²) in [6.07, 6.45) is 0.0666. The number of H-pyrrole nitrogens is 1. The number of carbonyl (C=O) groups is 1. The van der Waals surface area contributed by atoms with E-state index in [4.69, 9.17) is 5.11 Å². The normalized spacial score (nSPS) is 11.2. The minimum Gasteiger partial charge on any atom is -0.481 e. The Morgan fingerprint density at radius 1 is 1.17 bits per heavy atom. The molecule has 0 radical (unpaired) electrons. The molecule has 18 heavy (non-hydrogen) atoms. The number of aliphatic carboxylic acids is 1. The molecule has 0 aliphatic carbocycles. The van der Waals surface area contributed by atoms with Gasteiger partial charge in [-0.1, -0.05) is 30.3 Å². The van der Waals surface area contributed by atoms with E-state index in [1.54, 1.807) is 0 Å². The summed E-state index contributed by atoms with van der Waals surface area (Å²) < 4.78 is 0. The molecular weight excluding hydrogens is 226 g/mol. The number of hydrogen-bond donors (Lipinski definition) is 2. The fourth-order valence-corrected chi connectivity index (χ4v) is 2.46. The van der Waals surface area contributed by atoms with Crippen LogP contribution >= 0.6 is 0 Å². The first-order chi connectivity index (χ1) is 8.66. The minimum absolute atomic E-state index is 0.0666. The quantitative estimate of drug-likeness (QED) is 0.721. The van der Waals surface area contributed by atoms with Crippen molar-refractivity contribution in [3.05, 3.63) is 47.5 Å². The number of carboxylic acids is 1. The molecule has 0 spiro atoms. The Balaban J connectivity index is 2.32. The molecule has 0 atom stereocenters. The number of fused-ring (bicyclic) bond motifs is 3. The molecule has 90 valence electrons. The molecule has 1 heterocycles. The molecule has 3 heteroatoms. The topological polar surface area (TPSA) is 53.1 Å². The van der Waals surface area contributed by atoms with Crippen molar-refractivity contribution in [2.24, 2.45) is 0 Å². The first kappa shape index (κ1) is 10.8. The maximum Gasteiger partial charge on any atom is 0.307 e. The van der Waals surface area contributed by atoms with Crippen LogP contribution in [0.5, 0.6) is 0 Å². The summed E-state index contributed by atoms with van der Waals surface area (Å²) in [4.78, 5) is 14.2. The van der Waals surface area contributed by atoms with Crippen LogP contribution in [0.2, 0.25) is 0 Å². The number of aromatic nitrogens is 1. The molecule has 2 N–H and O–H groups in total. The van der Waals surface area contributed by atoms with Crippen molar-refractivity contribution < 1.29 is 9.90 Å². The molecular formula is C15H13NO2. The van der Waals surface area contributed by atoms with Crippen molar-refractivity contribution >= 4 is 27.8 Å². The lowest BCUT2D eigenvalue weighted by atomic mass is 10.0. The number of aryl methyl sites for hydroxylation is 1. The van der Waals surface area contributed by atoms with Crippen molar-refractivity contribution in [2.45, 2.75) is 13.3 Å². The van der Waals surface area contributed by atoms with E-state index in [2.05, 4.69) is 11.1 Å². The zero-order valence-electron chi connectivity index (χ0n) is 10.0. The molecule has 3 aromatic rings. The molecule has 3 rings (SSSR count). The van der Waals surface area contributed by atoms with Crippen molar-refractivity contribution in [3.8, 4) is 0 Å². The lowest BCUT2D eigenvalue weighted by Gasteiger charge is -2.04. The number of rotatable bonds is 2. The van der Waals surface area contributed by atoms with E-state index in [-0.39, 0.29) is 6.42 Å². The maximum absolute atomic E-state index is 10.8. The van der Waals surface area contributed by atoms with Crippen LogP contribution in [0.4, 0.5) is 0 Å². The average Bonchev–Trinajstić information content (AvgIpc) is 2.72. The Morgan fingerprint density at radius 2 is 1.94 bits per heavy atom. The molecule has 0 unspecified atom stereocenters. The second-order valence-corrected chi connectivity index (χ2v) is 4.51. The van der Waals surface area contributed by atoms with E-state index in [1.165, 1.54) is 5.39 Å². The van der Waals surface area contributed by atoms with Gasteiger partial charge in [-0.2, -0.15) is 0 Å². The highest BCUT2D eigenvalue weighted by Gasteiger charge is 2.10. The number of carboxylic acid groups (broad SMARTS) is 1. The van der Waals surface area contributed by atoms with Crippen LogP contribution < -0.4 is 0 Å². The number of nitrogens with one attached hydrogen (secondary N) is 1. The van der Waals surface area contributed by atoms with Gasteiger partial charge in [0, 0.05) is 21.8 Å². The van der Waals surface area contributed by atoms with E-state index < -0.39 is 5.97 Å². The van der Waals surface area contributed by atoms with Gasteiger partial charge in [-0.25, -0.2) is 0 Å². The zero-order chi connectivity index (χ0) is 12.7. The lowest BCUT2D eigenvalue weighted by Crippen LogP contribution is -2.02. The fourth-order valence-electron chi connectivity index (χ4n) is 2.46. The van der Waals surface area contributed by atoms with Gasteiger partial charge in [0.05, 0.1) is 6.42 Å². The number of hydrogen-bond acceptors (Lipinski definition) is 1. The minimum atomic E-state index is -0.798. The van der Waals surface area contributed by atoms with Crippen LogP contribution in [0.15, 0.2) is 36.4 Å². The maximum atomic E-state index is 10.8. The Labute approximate surface area is 104 Å². The summed E-state index contributed by atoms with van der Waals surface area (Å²) in [7, 11) is 0. The van der Waals surface area contributed by atoms with Crippen LogP contribution in [0.1, 0.15) is 11.1 Å². The number of para-hydroxylation sites is 1. The predicted molar refractivity (Wildman–Crippen MR) is 71.9 cm³/mol. The zero-order valence-corrected chi connectivity index (χ0v) is 10.0. The molecule has 0 aliphatic rings. The Hall–Kier alpha value is -2.29. The van der Waals surface area contributed by atoms with Crippen LogP contribution in [0, 0.1) is 6.92 Å². The second-order valence-electron chi connectivity index (χ2n) is 4.51. The van der Waals surface area contributed by atoms with Crippen molar-refractivity contribution in [1.82, 2.24) is 4.98 Å². The molecule has 0 fully saturated rings. The van der Waals surface area contributed by atoms with Crippen LogP contribution in [0.25, 0.3) is 21.8 Å². The molecule has 2 aromatic carbocycles. The third kappa shape index (κ3) is 1.56. The summed E-state index contributed by atoms with van der Waals surface area (Å²) in [5.74, 6) is -0.798. The van der Waals surface area contributed by atoms with Gasteiger partial charge in [0.25, 0.3) is 0 Å². The molecule has 0 saturated heterocycles. The summed E-state index contributed by atoms with van der Waals surface area (Å²) in [6, 6.07) is 12.0. The van der Waals surface area contributed by atoms with Crippen molar-refractivity contribution in [3.63, 3.8) is 0 Å². The van der Waals surface area contributed by atoms with Crippen LogP contribution in [-0.2, 0) is 11.2 Å². The monoisotopic (exact) mass is 239 g/mol. The molecule has 3 nitrogen and oxygen atoms in total. The summed E-state index contributed by atoms with van der Waals surface area (Å²) in [6.45, 7) is 1.97. The molecule has 0 amide bonds. The first-order valence-electron chi connectivity index (χ1n) is 5.87. The fraction of sp³-hybridized carbons (Fsp3) is 0.133. The van der Waals surface area contributed by atoms with Crippen LogP contribution in [0.3, 0.4) is 0 Å². The van der Waals surface area contributed by atoms with Gasteiger partial charge in [0.15, 0.2) is 0 Å². The highest BCUT2D eigenvalue weighted by atomic mass is 16.4. The highest BCUT2D eigenvalue weighted by Crippen LogP contribution is 2.29. The SMILES string of the molecule is Cc1c(CC(=O)O)ccc2c1[nH]c1ccccc12. The van der Waals surface area contributed by atoms with E-state index in [1.807, 2.05) is 37.3 Å². The predicted octanol–water partition coefficient (Wildman–Crippen LogP) is 3.26. The standard InChI is InChI=1S/C15H13NO2/c1-9-10(8-14(17)18)6-7-12-11-4-2-3-5-13(11)16-15(9)12/h2-7,16H,8H2,1H3,(H,17,18). The molecule has 0 bridgehead atoms. The van der Waals surface area contributed by atoms with Gasteiger partial charge in [0.2, 0.25) is 0 Å². The van der Waals surface area contributed by atoms with Crippen molar-refractivity contribution in [2.75, 3.05) is 0 Å². The Kier molecular flexibility index (Phi) is 2.33. The van der Waals surface area contributed by atoms with Gasteiger partial charge < -0.3 is 10.1 Å². The molecule has 1 aromatic heterocycles. The van der Waals surface area contributed by atoms with E-state index in [0.717, 1.165) is 27.5 Å². The number of benzene rings is 2.